The molecule has 7 nitrogen and oxygen atoms in total. The lowest BCUT2D eigenvalue weighted by Crippen LogP contribution is -2.28. The summed E-state index contributed by atoms with van der Waals surface area (Å²) < 4.78 is 1.90. The van der Waals surface area contributed by atoms with Crippen LogP contribution >= 0.6 is 0 Å². The SMILES string of the molecule is C1=NCC=C1c1cc2c(cn1)cnn2-c1cccc(N2CCCNCC2)n1. The third kappa shape index (κ3) is 3.10. The van der Waals surface area contributed by atoms with Crippen LogP contribution in [-0.4, -0.2) is 58.7 Å². The fourth-order valence-electron chi connectivity index (χ4n) is 3.57. The number of fused-ring (bicyclic) bond motifs is 1. The number of nitrogens with zero attached hydrogens (tertiary/aromatic N) is 6. The van der Waals surface area contributed by atoms with E-state index in [4.69, 9.17) is 4.98 Å². The molecule has 2 aliphatic heterocycles. The van der Waals surface area contributed by atoms with Gasteiger partial charge in [0.05, 0.1) is 24.0 Å². The second-order valence-corrected chi connectivity index (χ2v) is 6.78. The summed E-state index contributed by atoms with van der Waals surface area (Å²) in [5.74, 6) is 1.82. The van der Waals surface area contributed by atoms with E-state index in [0.717, 1.165) is 73.0 Å². The lowest BCUT2D eigenvalue weighted by Gasteiger charge is -2.21. The van der Waals surface area contributed by atoms with Crippen molar-refractivity contribution < 1.29 is 0 Å². The molecule has 0 spiro atoms. The van der Waals surface area contributed by atoms with E-state index >= 15 is 0 Å². The molecule has 136 valence electrons. The van der Waals surface area contributed by atoms with Crippen molar-refractivity contribution in [3.63, 3.8) is 0 Å². The molecule has 0 saturated carbocycles. The molecule has 0 radical (unpaired) electrons. The predicted molar refractivity (Wildman–Crippen MR) is 108 cm³/mol. The molecule has 3 aromatic heterocycles. The van der Waals surface area contributed by atoms with Crippen molar-refractivity contribution in [2.24, 2.45) is 4.99 Å². The van der Waals surface area contributed by atoms with E-state index in [0.29, 0.717) is 0 Å². The Labute approximate surface area is 157 Å². The second kappa shape index (κ2) is 6.92. The van der Waals surface area contributed by atoms with E-state index in [-0.39, 0.29) is 0 Å². The van der Waals surface area contributed by atoms with Crippen LogP contribution in [0, 0.1) is 0 Å². The van der Waals surface area contributed by atoms with Crippen LogP contribution in [-0.2, 0) is 0 Å². The minimum Gasteiger partial charge on any atom is -0.355 e. The van der Waals surface area contributed by atoms with Gasteiger partial charge >= 0.3 is 0 Å². The smallest absolute Gasteiger partial charge is 0.156 e. The quantitative estimate of drug-likeness (QED) is 0.775. The lowest BCUT2D eigenvalue weighted by atomic mass is 10.1. The average Bonchev–Trinajstić information content (AvgIpc) is 3.31. The summed E-state index contributed by atoms with van der Waals surface area (Å²) in [5.41, 5.74) is 2.98. The Bertz CT molecular complexity index is 1030. The van der Waals surface area contributed by atoms with Gasteiger partial charge in [0.15, 0.2) is 5.82 Å². The minimum absolute atomic E-state index is 0.725. The number of rotatable bonds is 3. The summed E-state index contributed by atoms with van der Waals surface area (Å²) in [6.07, 6.45) is 8.80. The third-order valence-corrected chi connectivity index (χ3v) is 5.00. The van der Waals surface area contributed by atoms with Crippen molar-refractivity contribution in [2.45, 2.75) is 6.42 Å². The molecule has 0 atom stereocenters. The molecule has 7 heteroatoms. The normalized spacial score (nSPS) is 17.3. The maximum Gasteiger partial charge on any atom is 0.156 e. The summed E-state index contributed by atoms with van der Waals surface area (Å²) in [4.78, 5) is 16.0. The van der Waals surface area contributed by atoms with Crippen LogP contribution in [0.2, 0.25) is 0 Å². The Morgan fingerprint density at radius 1 is 1.04 bits per heavy atom. The van der Waals surface area contributed by atoms with Crippen molar-refractivity contribution in [3.05, 3.63) is 48.4 Å². The average molecular weight is 359 g/mol. The minimum atomic E-state index is 0.725. The molecule has 5 rings (SSSR count). The molecule has 27 heavy (non-hydrogen) atoms. The maximum absolute atomic E-state index is 4.90. The Morgan fingerprint density at radius 3 is 2.93 bits per heavy atom. The van der Waals surface area contributed by atoms with Crippen LogP contribution in [0.3, 0.4) is 0 Å². The highest BCUT2D eigenvalue weighted by molar-refractivity contribution is 6.11. The second-order valence-electron chi connectivity index (χ2n) is 6.78. The number of pyridine rings is 2. The number of nitrogens with one attached hydrogen (secondary N) is 1. The van der Waals surface area contributed by atoms with Crippen molar-refractivity contribution in [1.82, 2.24) is 25.1 Å². The molecule has 0 bridgehead atoms. The molecule has 0 aliphatic carbocycles. The zero-order valence-electron chi connectivity index (χ0n) is 15.0. The number of allylic oxidation sites excluding steroid dienone is 1. The van der Waals surface area contributed by atoms with Crippen LogP contribution in [0.15, 0.2) is 47.7 Å². The monoisotopic (exact) mass is 359 g/mol. The van der Waals surface area contributed by atoms with Gasteiger partial charge in [-0.1, -0.05) is 12.1 Å². The topological polar surface area (TPSA) is 71.2 Å². The first kappa shape index (κ1) is 16.1. The van der Waals surface area contributed by atoms with Gasteiger partial charge in [-0.25, -0.2) is 9.67 Å². The molecule has 2 aliphatic rings. The van der Waals surface area contributed by atoms with Crippen LogP contribution in [0.5, 0.6) is 0 Å². The summed E-state index contributed by atoms with van der Waals surface area (Å²) in [6, 6.07) is 8.20. The first-order valence-corrected chi connectivity index (χ1v) is 9.36. The highest BCUT2D eigenvalue weighted by atomic mass is 15.3. The van der Waals surface area contributed by atoms with Crippen LogP contribution in [0.25, 0.3) is 22.3 Å². The zero-order chi connectivity index (χ0) is 18.1. The third-order valence-electron chi connectivity index (χ3n) is 5.00. The van der Waals surface area contributed by atoms with Gasteiger partial charge in [0, 0.05) is 43.0 Å². The van der Waals surface area contributed by atoms with Gasteiger partial charge in [0.2, 0.25) is 0 Å². The lowest BCUT2D eigenvalue weighted by molar-refractivity contribution is 0.724. The Morgan fingerprint density at radius 2 is 2.00 bits per heavy atom. The molecule has 0 unspecified atom stereocenters. The van der Waals surface area contributed by atoms with Gasteiger partial charge < -0.3 is 10.2 Å². The summed E-state index contributed by atoms with van der Waals surface area (Å²) in [7, 11) is 0. The van der Waals surface area contributed by atoms with E-state index < -0.39 is 0 Å². The largest absolute Gasteiger partial charge is 0.355 e. The Kier molecular flexibility index (Phi) is 4.14. The van der Waals surface area contributed by atoms with Gasteiger partial charge in [-0.05, 0) is 31.2 Å². The fourth-order valence-corrected chi connectivity index (χ4v) is 3.57. The van der Waals surface area contributed by atoms with E-state index in [1.807, 2.05) is 29.4 Å². The van der Waals surface area contributed by atoms with Crippen molar-refractivity contribution in [1.29, 1.82) is 0 Å². The summed E-state index contributed by atoms with van der Waals surface area (Å²) in [6.45, 7) is 4.77. The Hall–Kier alpha value is -3.06. The molecular formula is C20H21N7. The molecular weight excluding hydrogens is 338 g/mol. The number of aromatic nitrogens is 4. The van der Waals surface area contributed by atoms with Crippen molar-refractivity contribution >= 4 is 28.5 Å². The maximum atomic E-state index is 4.90. The van der Waals surface area contributed by atoms with E-state index in [9.17, 15) is 0 Å². The van der Waals surface area contributed by atoms with Gasteiger partial charge in [-0.3, -0.25) is 9.98 Å². The fraction of sp³-hybridized carbons (Fsp3) is 0.300. The number of hydrogen-bond acceptors (Lipinski definition) is 6. The molecule has 1 N–H and O–H groups in total. The molecule has 1 saturated heterocycles. The van der Waals surface area contributed by atoms with Crippen LogP contribution in [0.4, 0.5) is 5.82 Å². The Balaban J connectivity index is 1.54. The van der Waals surface area contributed by atoms with Gasteiger partial charge in [-0.15, -0.1) is 0 Å². The van der Waals surface area contributed by atoms with Gasteiger partial charge in [0.25, 0.3) is 0 Å². The summed E-state index contributed by atoms with van der Waals surface area (Å²) >= 11 is 0. The molecule has 5 heterocycles. The summed E-state index contributed by atoms with van der Waals surface area (Å²) in [5, 5.41) is 9.01. The number of aliphatic imine (C=N–C) groups is 1. The van der Waals surface area contributed by atoms with Gasteiger partial charge in [-0.2, -0.15) is 5.10 Å². The highest BCUT2D eigenvalue weighted by Crippen LogP contribution is 2.23. The first-order valence-electron chi connectivity index (χ1n) is 9.36. The molecule has 0 aromatic carbocycles. The van der Waals surface area contributed by atoms with E-state index in [1.54, 1.807) is 0 Å². The van der Waals surface area contributed by atoms with Crippen molar-refractivity contribution in [3.8, 4) is 5.82 Å². The standard InChI is InChI=1S/C20H21N7/c1-3-19(26-9-2-6-21-8-10-26)25-20(4-1)27-18-11-17(15-5-7-22-12-15)23-13-16(18)14-24-27/h1,3-5,11-14,21H,2,6-10H2. The molecule has 3 aromatic rings. The molecule has 1 fully saturated rings. The number of anilines is 1. The zero-order valence-corrected chi connectivity index (χ0v) is 15.0. The van der Waals surface area contributed by atoms with Crippen LogP contribution < -0.4 is 10.2 Å². The van der Waals surface area contributed by atoms with E-state index in [1.165, 1.54) is 0 Å². The number of hydrogen-bond donors (Lipinski definition) is 1. The first-order chi connectivity index (χ1) is 13.4. The predicted octanol–water partition coefficient (Wildman–Crippen LogP) is 2.08. The molecule has 0 amide bonds. The van der Waals surface area contributed by atoms with Crippen molar-refractivity contribution in [2.75, 3.05) is 37.6 Å². The van der Waals surface area contributed by atoms with Gasteiger partial charge in [0.1, 0.15) is 5.82 Å². The van der Waals surface area contributed by atoms with Crippen LogP contribution in [0.1, 0.15) is 12.1 Å². The van der Waals surface area contributed by atoms with E-state index in [2.05, 4.69) is 49.6 Å². The highest BCUT2D eigenvalue weighted by Gasteiger charge is 2.14.